The van der Waals surface area contributed by atoms with E-state index >= 15 is 0 Å². The van der Waals surface area contributed by atoms with Crippen LogP contribution in [0, 0.1) is 0 Å². The summed E-state index contributed by atoms with van der Waals surface area (Å²) < 4.78 is 11.5. The largest absolute Gasteiger partial charge is 0.458 e. The van der Waals surface area contributed by atoms with Crippen LogP contribution in [0.15, 0.2) is 34.7 Å². The summed E-state index contributed by atoms with van der Waals surface area (Å²) in [6, 6.07) is 9.78. The van der Waals surface area contributed by atoms with Crippen molar-refractivity contribution in [2.75, 3.05) is 0 Å². The van der Waals surface area contributed by atoms with Crippen molar-refractivity contribution in [1.82, 2.24) is 0 Å². The van der Waals surface area contributed by atoms with E-state index in [1.54, 1.807) is 0 Å². The third-order valence-electron chi connectivity index (χ3n) is 3.60. The van der Waals surface area contributed by atoms with Gasteiger partial charge in [0.15, 0.2) is 0 Å². The van der Waals surface area contributed by atoms with E-state index in [1.807, 2.05) is 44.2 Å². The highest BCUT2D eigenvalue weighted by Crippen LogP contribution is 2.39. The van der Waals surface area contributed by atoms with Crippen LogP contribution in [0.3, 0.4) is 0 Å². The minimum absolute atomic E-state index is 0.0481. The van der Waals surface area contributed by atoms with Crippen LogP contribution in [0.4, 0.5) is 0 Å². The van der Waals surface area contributed by atoms with E-state index in [0.717, 1.165) is 11.0 Å². The number of ether oxygens (including phenoxy) is 1. The molecule has 0 amide bonds. The third-order valence-corrected chi connectivity index (χ3v) is 3.60. The van der Waals surface area contributed by atoms with E-state index in [4.69, 9.17) is 9.15 Å². The Kier molecular flexibility index (Phi) is 2.68. The maximum atomic E-state index is 10.8. The van der Waals surface area contributed by atoms with E-state index in [2.05, 4.69) is 0 Å². The molecule has 2 atom stereocenters. The van der Waals surface area contributed by atoms with Gasteiger partial charge in [0.05, 0.1) is 12.2 Å². The second kappa shape index (κ2) is 4.11. The highest BCUT2D eigenvalue weighted by atomic mass is 16.5. The first kappa shape index (κ1) is 11.8. The Labute approximate surface area is 106 Å². The lowest BCUT2D eigenvalue weighted by Gasteiger charge is -2.37. The van der Waals surface area contributed by atoms with Gasteiger partial charge in [-0.2, -0.15) is 0 Å². The number of hydrogen-bond donors (Lipinski definition) is 1. The predicted molar refractivity (Wildman–Crippen MR) is 69.4 cm³/mol. The normalized spacial score (nSPS) is 32.8. The third kappa shape index (κ3) is 1.93. The van der Waals surface area contributed by atoms with Gasteiger partial charge in [-0.15, -0.1) is 0 Å². The average Bonchev–Trinajstić information content (AvgIpc) is 2.71. The maximum absolute atomic E-state index is 10.8. The van der Waals surface area contributed by atoms with Crippen molar-refractivity contribution in [3.8, 4) is 0 Å². The predicted octanol–water partition coefficient (Wildman–Crippen LogP) is 3.21. The Bertz CT molecular complexity index is 515. The second-order valence-corrected chi connectivity index (χ2v) is 5.35. The van der Waals surface area contributed by atoms with E-state index in [1.165, 1.54) is 0 Å². The first-order valence-corrected chi connectivity index (χ1v) is 6.44. The minimum Gasteiger partial charge on any atom is -0.458 e. The van der Waals surface area contributed by atoms with Gasteiger partial charge in [-0.05, 0) is 26.0 Å². The molecule has 96 valence electrons. The molecule has 1 aromatic carbocycles. The van der Waals surface area contributed by atoms with Gasteiger partial charge in [-0.1, -0.05) is 18.2 Å². The Morgan fingerprint density at radius 1 is 1.17 bits per heavy atom. The summed E-state index contributed by atoms with van der Waals surface area (Å²) in [5.74, 6) is 0.658. The van der Waals surface area contributed by atoms with E-state index in [-0.39, 0.29) is 12.2 Å². The fourth-order valence-electron chi connectivity index (χ4n) is 2.94. The lowest BCUT2D eigenvalue weighted by molar-refractivity contribution is -0.143. The number of hydrogen-bond acceptors (Lipinski definition) is 3. The molecule has 1 N–H and O–H groups in total. The van der Waals surface area contributed by atoms with Crippen LogP contribution in [0.5, 0.6) is 0 Å². The molecule has 0 aliphatic carbocycles. The number of furan rings is 1. The van der Waals surface area contributed by atoms with Gasteiger partial charge in [-0.25, -0.2) is 0 Å². The van der Waals surface area contributed by atoms with Gasteiger partial charge in [0.2, 0.25) is 0 Å². The fraction of sp³-hybridized carbons (Fsp3) is 0.467. The molecule has 0 spiro atoms. The molecule has 0 bridgehead atoms. The highest BCUT2D eigenvalue weighted by molar-refractivity contribution is 5.77. The highest BCUT2D eigenvalue weighted by Gasteiger charge is 2.40. The van der Waals surface area contributed by atoms with Gasteiger partial charge >= 0.3 is 0 Å². The summed E-state index contributed by atoms with van der Waals surface area (Å²) in [7, 11) is 0. The lowest BCUT2D eigenvalue weighted by atomic mass is 9.85. The molecule has 3 rings (SSSR count). The van der Waals surface area contributed by atoms with Crippen molar-refractivity contribution in [2.45, 2.75) is 44.5 Å². The molecule has 1 aromatic heterocycles. The van der Waals surface area contributed by atoms with Crippen LogP contribution in [0.1, 0.15) is 32.4 Å². The fourth-order valence-corrected chi connectivity index (χ4v) is 2.94. The molecular formula is C15H18O3. The minimum atomic E-state index is -0.907. The number of fused-ring (bicyclic) bond motifs is 1. The molecular weight excluding hydrogens is 228 g/mol. The van der Waals surface area contributed by atoms with Gasteiger partial charge in [0.25, 0.3) is 0 Å². The molecule has 3 nitrogen and oxygen atoms in total. The summed E-state index contributed by atoms with van der Waals surface area (Å²) in [5.41, 5.74) is -0.0800. The van der Waals surface area contributed by atoms with E-state index in [0.29, 0.717) is 18.6 Å². The summed E-state index contributed by atoms with van der Waals surface area (Å²) in [6.07, 6.45) is 1.26. The SMILES string of the molecule is CC1CC(O)(c2cc3ccccc3o2)CC(C)O1. The van der Waals surface area contributed by atoms with Crippen LogP contribution in [0.2, 0.25) is 0 Å². The first-order chi connectivity index (χ1) is 8.57. The molecule has 1 aliphatic rings. The first-order valence-electron chi connectivity index (χ1n) is 6.44. The maximum Gasteiger partial charge on any atom is 0.137 e. The Morgan fingerprint density at radius 2 is 1.83 bits per heavy atom. The molecule has 3 heteroatoms. The molecule has 2 aromatic rings. The monoisotopic (exact) mass is 246 g/mol. The number of benzene rings is 1. The number of aliphatic hydroxyl groups is 1. The topological polar surface area (TPSA) is 42.6 Å². The average molecular weight is 246 g/mol. The Morgan fingerprint density at radius 3 is 2.50 bits per heavy atom. The van der Waals surface area contributed by atoms with Gasteiger partial charge in [0, 0.05) is 18.2 Å². The zero-order valence-corrected chi connectivity index (χ0v) is 10.7. The molecule has 0 saturated carbocycles. The summed E-state index contributed by atoms with van der Waals surface area (Å²) in [5, 5.41) is 11.8. The van der Waals surface area contributed by atoms with Crippen molar-refractivity contribution in [3.05, 3.63) is 36.1 Å². The molecule has 1 saturated heterocycles. The Hall–Kier alpha value is -1.32. The van der Waals surface area contributed by atoms with Gasteiger partial charge in [0.1, 0.15) is 16.9 Å². The van der Waals surface area contributed by atoms with Crippen molar-refractivity contribution < 1.29 is 14.3 Å². The Balaban J connectivity index is 2.01. The summed E-state index contributed by atoms with van der Waals surface area (Å²) in [6.45, 7) is 3.98. The van der Waals surface area contributed by atoms with Gasteiger partial charge in [-0.3, -0.25) is 0 Å². The van der Waals surface area contributed by atoms with Crippen molar-refractivity contribution in [3.63, 3.8) is 0 Å². The van der Waals surface area contributed by atoms with Crippen LogP contribution < -0.4 is 0 Å². The van der Waals surface area contributed by atoms with Crippen LogP contribution >= 0.6 is 0 Å². The van der Waals surface area contributed by atoms with Crippen molar-refractivity contribution in [1.29, 1.82) is 0 Å². The van der Waals surface area contributed by atoms with Gasteiger partial charge < -0.3 is 14.3 Å². The van der Waals surface area contributed by atoms with E-state index in [9.17, 15) is 5.11 Å². The van der Waals surface area contributed by atoms with Crippen LogP contribution in [-0.2, 0) is 10.3 Å². The zero-order valence-electron chi connectivity index (χ0n) is 10.7. The lowest BCUT2D eigenvalue weighted by Crippen LogP contribution is -2.40. The van der Waals surface area contributed by atoms with Crippen molar-refractivity contribution in [2.24, 2.45) is 0 Å². The standard InChI is InChI=1S/C15H18O3/c1-10-8-15(16,9-11(2)17-10)14-7-12-5-3-4-6-13(12)18-14/h3-7,10-11,16H,8-9H2,1-2H3. The smallest absolute Gasteiger partial charge is 0.137 e. The summed E-state index contributed by atoms with van der Waals surface area (Å²) in [4.78, 5) is 0. The zero-order chi connectivity index (χ0) is 12.8. The van der Waals surface area contributed by atoms with E-state index < -0.39 is 5.60 Å². The number of rotatable bonds is 1. The summed E-state index contributed by atoms with van der Waals surface area (Å²) >= 11 is 0. The van der Waals surface area contributed by atoms with Crippen molar-refractivity contribution >= 4 is 11.0 Å². The molecule has 1 fully saturated rings. The molecule has 2 heterocycles. The quantitative estimate of drug-likeness (QED) is 0.840. The molecule has 0 radical (unpaired) electrons. The second-order valence-electron chi connectivity index (χ2n) is 5.35. The molecule has 2 unspecified atom stereocenters. The molecule has 18 heavy (non-hydrogen) atoms. The van der Waals surface area contributed by atoms with Crippen LogP contribution in [-0.4, -0.2) is 17.3 Å². The van der Waals surface area contributed by atoms with Crippen LogP contribution in [0.25, 0.3) is 11.0 Å². The molecule has 1 aliphatic heterocycles. The number of para-hydroxylation sites is 1.